The highest BCUT2D eigenvalue weighted by atomic mass is 79.9. The largest absolute Gasteiger partial charge is 0.496 e. The summed E-state index contributed by atoms with van der Waals surface area (Å²) in [6, 6.07) is 3.63. The number of hydrogen-bond acceptors (Lipinski definition) is 4. The molecular formula is C15H19BrO4. The van der Waals surface area contributed by atoms with Crippen LogP contribution >= 0.6 is 15.9 Å². The van der Waals surface area contributed by atoms with E-state index in [-0.39, 0.29) is 5.97 Å². The van der Waals surface area contributed by atoms with Gasteiger partial charge in [-0.25, -0.2) is 4.79 Å². The Morgan fingerprint density at radius 3 is 2.35 bits per heavy atom. The zero-order valence-corrected chi connectivity index (χ0v) is 13.7. The van der Waals surface area contributed by atoms with E-state index in [0.29, 0.717) is 30.1 Å². The SMILES string of the molecule is CCOC(=O)/C(=C/c1cc(OC)c(Br)cc1OC)CC. The van der Waals surface area contributed by atoms with Crippen molar-refractivity contribution in [2.75, 3.05) is 20.8 Å². The van der Waals surface area contributed by atoms with Crippen LogP contribution in [-0.4, -0.2) is 26.8 Å². The first-order valence-electron chi connectivity index (χ1n) is 6.36. The fourth-order valence-electron chi connectivity index (χ4n) is 1.71. The van der Waals surface area contributed by atoms with E-state index in [0.717, 1.165) is 10.0 Å². The molecule has 0 amide bonds. The van der Waals surface area contributed by atoms with Crippen LogP contribution in [0.4, 0.5) is 0 Å². The van der Waals surface area contributed by atoms with Gasteiger partial charge in [-0.05, 0) is 47.5 Å². The summed E-state index contributed by atoms with van der Waals surface area (Å²) in [5.74, 6) is 1.03. The molecule has 0 heterocycles. The van der Waals surface area contributed by atoms with E-state index in [9.17, 15) is 4.79 Å². The molecule has 0 N–H and O–H groups in total. The molecule has 0 aliphatic rings. The highest BCUT2D eigenvalue weighted by molar-refractivity contribution is 9.10. The highest BCUT2D eigenvalue weighted by Crippen LogP contribution is 2.34. The minimum absolute atomic E-state index is 0.307. The molecule has 110 valence electrons. The van der Waals surface area contributed by atoms with E-state index in [1.165, 1.54) is 0 Å². The summed E-state index contributed by atoms with van der Waals surface area (Å²) in [6.07, 6.45) is 2.35. The number of carbonyl (C=O) groups excluding carboxylic acids is 1. The average molecular weight is 343 g/mol. The maximum absolute atomic E-state index is 11.8. The molecule has 0 aliphatic heterocycles. The molecule has 0 atom stereocenters. The lowest BCUT2D eigenvalue weighted by molar-refractivity contribution is -0.138. The van der Waals surface area contributed by atoms with Gasteiger partial charge in [0.25, 0.3) is 0 Å². The Morgan fingerprint density at radius 1 is 1.20 bits per heavy atom. The zero-order valence-electron chi connectivity index (χ0n) is 12.2. The predicted molar refractivity (Wildman–Crippen MR) is 82.1 cm³/mol. The minimum Gasteiger partial charge on any atom is -0.496 e. The van der Waals surface area contributed by atoms with Gasteiger partial charge in [-0.2, -0.15) is 0 Å². The van der Waals surface area contributed by atoms with Gasteiger partial charge in [0.05, 0.1) is 25.3 Å². The second-order valence-electron chi connectivity index (χ2n) is 3.97. The molecule has 4 nitrogen and oxygen atoms in total. The topological polar surface area (TPSA) is 44.8 Å². The summed E-state index contributed by atoms with van der Waals surface area (Å²) in [7, 11) is 3.17. The van der Waals surface area contributed by atoms with Crippen molar-refractivity contribution in [3.8, 4) is 11.5 Å². The summed E-state index contributed by atoms with van der Waals surface area (Å²) < 4.78 is 16.4. The van der Waals surface area contributed by atoms with Crippen LogP contribution < -0.4 is 9.47 Å². The average Bonchev–Trinajstić information content (AvgIpc) is 2.45. The fourth-order valence-corrected chi connectivity index (χ4v) is 2.20. The molecule has 0 bridgehead atoms. The van der Waals surface area contributed by atoms with E-state index < -0.39 is 0 Å². The summed E-state index contributed by atoms with van der Waals surface area (Å²) >= 11 is 3.40. The van der Waals surface area contributed by atoms with E-state index in [4.69, 9.17) is 14.2 Å². The van der Waals surface area contributed by atoms with Crippen molar-refractivity contribution in [2.24, 2.45) is 0 Å². The molecule has 0 unspecified atom stereocenters. The van der Waals surface area contributed by atoms with Crippen molar-refractivity contribution in [2.45, 2.75) is 20.3 Å². The van der Waals surface area contributed by atoms with E-state index in [1.807, 2.05) is 19.1 Å². The Kier molecular flexibility index (Phi) is 6.58. The summed E-state index contributed by atoms with van der Waals surface area (Å²) in [6.45, 7) is 4.05. The predicted octanol–water partition coefficient (Wildman–Crippen LogP) is 3.82. The van der Waals surface area contributed by atoms with Gasteiger partial charge in [0.1, 0.15) is 11.5 Å². The molecule has 1 aromatic carbocycles. The van der Waals surface area contributed by atoms with Crippen LogP contribution in [0.2, 0.25) is 0 Å². The highest BCUT2D eigenvalue weighted by Gasteiger charge is 2.12. The molecule has 1 aromatic rings. The quantitative estimate of drug-likeness (QED) is 0.582. The van der Waals surface area contributed by atoms with Gasteiger partial charge in [-0.1, -0.05) is 6.92 Å². The standard InChI is InChI=1S/C15H19BrO4/c1-5-10(15(17)20-6-2)7-11-8-14(19-4)12(16)9-13(11)18-3/h7-9H,5-6H2,1-4H3/b10-7+. The Morgan fingerprint density at radius 2 is 1.85 bits per heavy atom. The van der Waals surface area contributed by atoms with Gasteiger partial charge in [0, 0.05) is 11.1 Å². The van der Waals surface area contributed by atoms with Gasteiger partial charge in [-0.3, -0.25) is 0 Å². The number of carbonyl (C=O) groups is 1. The maximum atomic E-state index is 11.8. The first kappa shape index (κ1) is 16.6. The van der Waals surface area contributed by atoms with Crippen molar-refractivity contribution in [3.63, 3.8) is 0 Å². The first-order valence-corrected chi connectivity index (χ1v) is 7.15. The van der Waals surface area contributed by atoms with E-state index in [2.05, 4.69) is 15.9 Å². The van der Waals surface area contributed by atoms with Gasteiger partial charge in [0.2, 0.25) is 0 Å². The van der Waals surface area contributed by atoms with Gasteiger partial charge in [-0.15, -0.1) is 0 Å². The van der Waals surface area contributed by atoms with Crippen LogP contribution in [0.15, 0.2) is 22.2 Å². The van der Waals surface area contributed by atoms with Crippen LogP contribution in [0.5, 0.6) is 11.5 Å². The van der Waals surface area contributed by atoms with Gasteiger partial charge >= 0.3 is 5.97 Å². The van der Waals surface area contributed by atoms with E-state index >= 15 is 0 Å². The third kappa shape index (κ3) is 4.00. The number of ether oxygens (including phenoxy) is 3. The summed E-state index contributed by atoms with van der Waals surface area (Å²) in [4.78, 5) is 11.8. The number of rotatable bonds is 6. The van der Waals surface area contributed by atoms with E-state index in [1.54, 1.807) is 27.2 Å². The van der Waals surface area contributed by atoms with Crippen LogP contribution in [0.3, 0.4) is 0 Å². The lowest BCUT2D eigenvalue weighted by Crippen LogP contribution is -2.07. The summed E-state index contributed by atoms with van der Waals surface area (Å²) in [5, 5.41) is 0. The zero-order chi connectivity index (χ0) is 15.1. The van der Waals surface area contributed by atoms with Crippen molar-refractivity contribution in [1.82, 2.24) is 0 Å². The second kappa shape index (κ2) is 7.94. The number of benzene rings is 1. The third-order valence-corrected chi connectivity index (χ3v) is 3.37. The minimum atomic E-state index is -0.307. The molecule has 1 rings (SSSR count). The lowest BCUT2D eigenvalue weighted by atomic mass is 10.1. The maximum Gasteiger partial charge on any atom is 0.333 e. The van der Waals surface area contributed by atoms with Crippen LogP contribution in [0.1, 0.15) is 25.8 Å². The molecule has 0 saturated carbocycles. The Balaban J connectivity index is 3.25. The molecular weight excluding hydrogens is 324 g/mol. The smallest absolute Gasteiger partial charge is 0.333 e. The molecule has 0 aliphatic carbocycles. The second-order valence-corrected chi connectivity index (χ2v) is 4.83. The van der Waals surface area contributed by atoms with Gasteiger partial charge < -0.3 is 14.2 Å². The van der Waals surface area contributed by atoms with Crippen LogP contribution in [0.25, 0.3) is 6.08 Å². The normalized spacial score (nSPS) is 11.2. The molecule has 0 radical (unpaired) electrons. The monoisotopic (exact) mass is 342 g/mol. The Bertz CT molecular complexity index is 509. The van der Waals surface area contributed by atoms with Crippen molar-refractivity contribution in [3.05, 3.63) is 27.7 Å². The third-order valence-electron chi connectivity index (χ3n) is 2.75. The first-order chi connectivity index (χ1) is 9.57. The Labute approximate surface area is 127 Å². The lowest BCUT2D eigenvalue weighted by Gasteiger charge is -2.11. The molecule has 0 spiro atoms. The molecule has 0 saturated heterocycles. The van der Waals surface area contributed by atoms with Crippen molar-refractivity contribution in [1.29, 1.82) is 0 Å². The molecule has 5 heteroatoms. The molecule has 20 heavy (non-hydrogen) atoms. The fraction of sp³-hybridized carbons (Fsp3) is 0.400. The number of halogens is 1. The van der Waals surface area contributed by atoms with Crippen LogP contribution in [-0.2, 0) is 9.53 Å². The van der Waals surface area contributed by atoms with Gasteiger partial charge in [0.15, 0.2) is 0 Å². The number of esters is 1. The molecule has 0 fully saturated rings. The van der Waals surface area contributed by atoms with Crippen molar-refractivity contribution < 1.29 is 19.0 Å². The van der Waals surface area contributed by atoms with Crippen molar-refractivity contribution >= 4 is 28.0 Å². The van der Waals surface area contributed by atoms with Crippen LogP contribution in [0, 0.1) is 0 Å². The number of methoxy groups -OCH3 is 2. The Hall–Kier alpha value is -1.49. The molecule has 0 aromatic heterocycles. The summed E-state index contributed by atoms with van der Waals surface area (Å²) in [5.41, 5.74) is 1.37. The number of hydrogen-bond donors (Lipinski definition) is 0.